The van der Waals surface area contributed by atoms with Crippen LogP contribution in [0.2, 0.25) is 0 Å². The van der Waals surface area contributed by atoms with E-state index in [1.165, 1.54) is 6.08 Å². The maximum absolute atomic E-state index is 11.1. The molecule has 13 heavy (non-hydrogen) atoms. The third-order valence-corrected chi connectivity index (χ3v) is 1.45. The Balaban J connectivity index is 2.50. The Bertz CT molecular complexity index is 293. The number of hydrogen-bond donors (Lipinski definition) is 2. The molecule has 3 heteroatoms. The molecule has 1 aromatic carbocycles. The number of anilines is 1. The van der Waals surface area contributed by atoms with Crippen molar-refractivity contribution in [2.75, 3.05) is 11.9 Å². The Labute approximate surface area is 77.3 Å². The van der Waals surface area contributed by atoms with E-state index in [4.69, 9.17) is 5.73 Å². The average molecular weight is 176 g/mol. The zero-order valence-corrected chi connectivity index (χ0v) is 7.23. The van der Waals surface area contributed by atoms with Crippen molar-refractivity contribution in [2.45, 2.75) is 0 Å². The maximum Gasteiger partial charge on any atom is 0.248 e. The number of hydrogen-bond acceptors (Lipinski definition) is 2. The van der Waals surface area contributed by atoms with Crippen molar-refractivity contribution in [3.63, 3.8) is 0 Å². The van der Waals surface area contributed by atoms with E-state index in [1.807, 2.05) is 30.3 Å². The van der Waals surface area contributed by atoms with Gasteiger partial charge in [-0.3, -0.25) is 4.79 Å². The molecule has 0 unspecified atom stereocenters. The minimum atomic E-state index is -0.156. The molecule has 1 aromatic rings. The maximum atomic E-state index is 11.1. The van der Waals surface area contributed by atoms with Gasteiger partial charge in [-0.2, -0.15) is 0 Å². The quantitative estimate of drug-likeness (QED) is 0.678. The summed E-state index contributed by atoms with van der Waals surface area (Å²) in [6.45, 7) is 0.377. The number of benzene rings is 1. The second kappa shape index (κ2) is 5.11. The highest BCUT2D eigenvalue weighted by molar-refractivity contribution is 5.99. The molecule has 0 spiro atoms. The lowest BCUT2D eigenvalue weighted by Crippen LogP contribution is -2.08. The first-order chi connectivity index (χ1) is 6.33. The normalized spacial score (nSPS) is 10.2. The summed E-state index contributed by atoms with van der Waals surface area (Å²) in [4.78, 5) is 11.1. The molecule has 0 aliphatic carbocycles. The number of para-hydroxylation sites is 1. The summed E-state index contributed by atoms with van der Waals surface area (Å²) in [5, 5.41) is 2.70. The molecule has 0 aromatic heterocycles. The van der Waals surface area contributed by atoms with Crippen LogP contribution in [0.15, 0.2) is 42.5 Å². The molecular formula is C10H12N2O. The molecule has 1 amide bonds. The van der Waals surface area contributed by atoms with Crippen LogP contribution in [0.5, 0.6) is 0 Å². The van der Waals surface area contributed by atoms with Crippen LogP contribution in [0, 0.1) is 0 Å². The standard InChI is InChI=1S/C10H12N2O/c11-8-4-7-10(13)12-9-5-2-1-3-6-9/h1-7H,8,11H2,(H,12,13)/b7-4+. The number of nitrogens with one attached hydrogen (secondary N) is 1. The van der Waals surface area contributed by atoms with E-state index >= 15 is 0 Å². The first kappa shape index (κ1) is 9.48. The van der Waals surface area contributed by atoms with E-state index in [-0.39, 0.29) is 5.91 Å². The average Bonchev–Trinajstić information content (AvgIpc) is 2.16. The topological polar surface area (TPSA) is 55.1 Å². The van der Waals surface area contributed by atoms with E-state index in [1.54, 1.807) is 6.08 Å². The number of amides is 1. The second-order valence-electron chi connectivity index (χ2n) is 2.49. The fourth-order valence-electron chi connectivity index (χ4n) is 0.880. The predicted molar refractivity (Wildman–Crippen MR) is 53.3 cm³/mol. The van der Waals surface area contributed by atoms with Gasteiger partial charge in [-0.05, 0) is 12.1 Å². The summed E-state index contributed by atoms with van der Waals surface area (Å²) in [6, 6.07) is 9.28. The monoisotopic (exact) mass is 176 g/mol. The predicted octanol–water partition coefficient (Wildman–Crippen LogP) is 1.14. The fraction of sp³-hybridized carbons (Fsp3) is 0.100. The molecule has 0 saturated heterocycles. The van der Waals surface area contributed by atoms with Crippen molar-refractivity contribution < 1.29 is 4.79 Å². The van der Waals surface area contributed by atoms with Gasteiger partial charge in [0.25, 0.3) is 0 Å². The zero-order valence-electron chi connectivity index (χ0n) is 7.23. The van der Waals surface area contributed by atoms with Crippen LogP contribution < -0.4 is 11.1 Å². The zero-order chi connectivity index (χ0) is 9.52. The molecule has 0 atom stereocenters. The summed E-state index contributed by atoms with van der Waals surface area (Å²) in [5.41, 5.74) is 5.99. The van der Waals surface area contributed by atoms with Gasteiger partial charge in [-0.1, -0.05) is 24.3 Å². The largest absolute Gasteiger partial charge is 0.327 e. The van der Waals surface area contributed by atoms with Crippen molar-refractivity contribution in [3.8, 4) is 0 Å². The number of rotatable bonds is 3. The first-order valence-corrected chi connectivity index (χ1v) is 4.05. The molecule has 0 aliphatic rings. The summed E-state index contributed by atoms with van der Waals surface area (Å²) in [5.74, 6) is -0.156. The lowest BCUT2D eigenvalue weighted by molar-refractivity contribution is -0.111. The SMILES string of the molecule is NC/C=C/C(=O)Nc1ccccc1. The molecule has 0 aliphatic heterocycles. The summed E-state index contributed by atoms with van der Waals surface area (Å²) in [6.07, 6.45) is 3.03. The van der Waals surface area contributed by atoms with Crippen molar-refractivity contribution in [2.24, 2.45) is 5.73 Å². The van der Waals surface area contributed by atoms with Crippen molar-refractivity contribution in [3.05, 3.63) is 42.5 Å². The summed E-state index contributed by atoms with van der Waals surface area (Å²) >= 11 is 0. The second-order valence-corrected chi connectivity index (χ2v) is 2.49. The molecule has 0 radical (unpaired) electrons. The van der Waals surface area contributed by atoms with Gasteiger partial charge in [-0.15, -0.1) is 0 Å². The van der Waals surface area contributed by atoms with Crippen molar-refractivity contribution in [1.82, 2.24) is 0 Å². The lowest BCUT2D eigenvalue weighted by atomic mass is 10.3. The Morgan fingerprint density at radius 2 is 2.08 bits per heavy atom. The Morgan fingerprint density at radius 1 is 1.38 bits per heavy atom. The van der Waals surface area contributed by atoms with Crippen molar-refractivity contribution in [1.29, 1.82) is 0 Å². The van der Waals surface area contributed by atoms with Crippen LogP contribution in [0.25, 0.3) is 0 Å². The van der Waals surface area contributed by atoms with E-state index < -0.39 is 0 Å². The van der Waals surface area contributed by atoms with Gasteiger partial charge >= 0.3 is 0 Å². The van der Waals surface area contributed by atoms with Crippen LogP contribution in [-0.4, -0.2) is 12.5 Å². The minimum absolute atomic E-state index is 0.156. The molecule has 68 valence electrons. The Kier molecular flexibility index (Phi) is 3.73. The Morgan fingerprint density at radius 3 is 2.69 bits per heavy atom. The minimum Gasteiger partial charge on any atom is -0.327 e. The number of carbonyl (C=O) groups excluding carboxylic acids is 1. The number of carbonyl (C=O) groups is 1. The number of nitrogens with two attached hydrogens (primary N) is 1. The van der Waals surface area contributed by atoms with Gasteiger partial charge in [0.15, 0.2) is 0 Å². The van der Waals surface area contributed by atoms with Crippen LogP contribution in [0.3, 0.4) is 0 Å². The Hall–Kier alpha value is -1.61. The third kappa shape index (κ3) is 3.53. The van der Waals surface area contributed by atoms with Gasteiger partial charge in [-0.25, -0.2) is 0 Å². The molecule has 3 N–H and O–H groups in total. The highest BCUT2D eigenvalue weighted by Crippen LogP contribution is 2.04. The van der Waals surface area contributed by atoms with E-state index in [9.17, 15) is 4.79 Å². The highest BCUT2D eigenvalue weighted by Gasteiger charge is 1.94. The van der Waals surface area contributed by atoms with Gasteiger partial charge in [0.1, 0.15) is 0 Å². The lowest BCUT2D eigenvalue weighted by Gasteiger charge is -1.99. The molecule has 1 rings (SSSR count). The molecule has 0 bridgehead atoms. The van der Waals surface area contributed by atoms with Gasteiger partial charge < -0.3 is 11.1 Å². The molecule has 0 saturated carbocycles. The first-order valence-electron chi connectivity index (χ1n) is 4.05. The van der Waals surface area contributed by atoms with Crippen LogP contribution in [-0.2, 0) is 4.79 Å². The van der Waals surface area contributed by atoms with Crippen LogP contribution in [0.4, 0.5) is 5.69 Å². The third-order valence-electron chi connectivity index (χ3n) is 1.45. The van der Waals surface area contributed by atoms with E-state index in [0.29, 0.717) is 6.54 Å². The van der Waals surface area contributed by atoms with Crippen LogP contribution >= 0.6 is 0 Å². The van der Waals surface area contributed by atoms with E-state index in [2.05, 4.69) is 5.32 Å². The van der Waals surface area contributed by atoms with Crippen molar-refractivity contribution >= 4 is 11.6 Å². The molecule has 0 heterocycles. The van der Waals surface area contributed by atoms with Crippen LogP contribution in [0.1, 0.15) is 0 Å². The summed E-state index contributed by atoms with van der Waals surface area (Å²) < 4.78 is 0. The molecule has 3 nitrogen and oxygen atoms in total. The van der Waals surface area contributed by atoms with Gasteiger partial charge in [0.2, 0.25) is 5.91 Å². The van der Waals surface area contributed by atoms with Gasteiger partial charge in [0, 0.05) is 18.3 Å². The smallest absolute Gasteiger partial charge is 0.248 e. The highest BCUT2D eigenvalue weighted by atomic mass is 16.1. The molecule has 0 fully saturated rings. The summed E-state index contributed by atoms with van der Waals surface area (Å²) in [7, 11) is 0. The van der Waals surface area contributed by atoms with Gasteiger partial charge in [0.05, 0.1) is 0 Å². The fourth-order valence-corrected chi connectivity index (χ4v) is 0.880. The van der Waals surface area contributed by atoms with E-state index in [0.717, 1.165) is 5.69 Å². The molecular weight excluding hydrogens is 164 g/mol.